The predicted octanol–water partition coefficient (Wildman–Crippen LogP) is 0.689. The lowest BCUT2D eigenvalue weighted by atomic mass is 10.1. The van der Waals surface area contributed by atoms with E-state index in [9.17, 15) is 4.79 Å². The number of halogens is 2. The third kappa shape index (κ3) is 4.21. The number of nitrogens with two attached hydrogens (primary N) is 1. The molecule has 2 saturated heterocycles. The first kappa shape index (κ1) is 18.0. The van der Waals surface area contributed by atoms with Crippen molar-refractivity contribution in [2.24, 2.45) is 5.73 Å². The Balaban J connectivity index is 0.000001000. The average Bonchev–Trinajstić information content (AvgIpc) is 2.93. The number of carbonyl (C=O) groups is 1. The molecule has 1 unspecified atom stereocenters. The Hall–Kier alpha value is -0.0700. The molecule has 0 bridgehead atoms. The summed E-state index contributed by atoms with van der Waals surface area (Å²) in [6, 6.07) is 1.12. The number of likely N-dealkylation sites (tertiary alicyclic amines) is 1. The molecule has 7 heteroatoms. The lowest BCUT2D eigenvalue weighted by Crippen LogP contribution is -2.43. The SMILES string of the molecule is Cl.Cl.NC[C@H]1CC[C@@H](C(=O)NC2CCN(C3CC3)C2)O1. The van der Waals surface area contributed by atoms with Gasteiger partial charge in [-0.25, -0.2) is 0 Å². The highest BCUT2D eigenvalue weighted by Gasteiger charge is 2.36. The highest BCUT2D eigenvalue weighted by Crippen LogP contribution is 2.30. The zero-order valence-corrected chi connectivity index (χ0v) is 13.3. The first-order valence-corrected chi connectivity index (χ1v) is 7.16. The van der Waals surface area contributed by atoms with Crippen LogP contribution in [-0.4, -0.2) is 54.7 Å². The number of ether oxygens (including phenoxy) is 1. The molecule has 0 spiro atoms. The second kappa shape index (κ2) is 7.80. The lowest BCUT2D eigenvalue weighted by Gasteiger charge is -2.18. The summed E-state index contributed by atoms with van der Waals surface area (Å²) < 4.78 is 5.62. The van der Waals surface area contributed by atoms with Crippen LogP contribution in [0.15, 0.2) is 0 Å². The van der Waals surface area contributed by atoms with Gasteiger partial charge in [0.1, 0.15) is 6.10 Å². The fraction of sp³-hybridized carbons (Fsp3) is 0.923. The molecule has 1 saturated carbocycles. The van der Waals surface area contributed by atoms with Crippen LogP contribution in [0.4, 0.5) is 0 Å². The number of rotatable bonds is 4. The maximum absolute atomic E-state index is 12.1. The van der Waals surface area contributed by atoms with Gasteiger partial charge in [-0.1, -0.05) is 0 Å². The van der Waals surface area contributed by atoms with Gasteiger partial charge >= 0.3 is 0 Å². The topological polar surface area (TPSA) is 67.6 Å². The van der Waals surface area contributed by atoms with E-state index in [4.69, 9.17) is 10.5 Å². The highest BCUT2D eigenvalue weighted by molar-refractivity contribution is 5.85. The molecule has 2 aliphatic heterocycles. The zero-order chi connectivity index (χ0) is 12.5. The van der Waals surface area contributed by atoms with Crippen LogP contribution in [0.25, 0.3) is 0 Å². The van der Waals surface area contributed by atoms with E-state index in [1.807, 2.05) is 0 Å². The number of nitrogens with zero attached hydrogens (tertiary/aromatic N) is 1. The third-order valence-corrected chi connectivity index (χ3v) is 4.29. The van der Waals surface area contributed by atoms with Gasteiger partial charge in [-0.05, 0) is 32.1 Å². The van der Waals surface area contributed by atoms with E-state index < -0.39 is 0 Å². The van der Waals surface area contributed by atoms with Crippen LogP contribution in [-0.2, 0) is 9.53 Å². The Kier molecular flexibility index (Phi) is 7.01. The van der Waals surface area contributed by atoms with Gasteiger partial charge < -0.3 is 15.8 Å². The van der Waals surface area contributed by atoms with Crippen LogP contribution in [0.3, 0.4) is 0 Å². The van der Waals surface area contributed by atoms with Crippen molar-refractivity contribution in [1.82, 2.24) is 10.2 Å². The number of amides is 1. The van der Waals surface area contributed by atoms with Crippen molar-refractivity contribution < 1.29 is 9.53 Å². The van der Waals surface area contributed by atoms with Crippen molar-refractivity contribution in [2.75, 3.05) is 19.6 Å². The van der Waals surface area contributed by atoms with E-state index in [0.717, 1.165) is 38.4 Å². The molecule has 3 aliphatic rings. The summed E-state index contributed by atoms with van der Waals surface area (Å²) >= 11 is 0. The molecule has 0 aromatic rings. The van der Waals surface area contributed by atoms with E-state index >= 15 is 0 Å². The van der Waals surface area contributed by atoms with Crippen LogP contribution < -0.4 is 11.1 Å². The number of nitrogens with one attached hydrogen (secondary N) is 1. The van der Waals surface area contributed by atoms with Crippen LogP contribution in [0, 0.1) is 0 Å². The van der Waals surface area contributed by atoms with Crippen molar-refractivity contribution in [3.8, 4) is 0 Å². The highest BCUT2D eigenvalue weighted by atomic mass is 35.5. The van der Waals surface area contributed by atoms with Crippen molar-refractivity contribution in [3.63, 3.8) is 0 Å². The largest absolute Gasteiger partial charge is 0.364 e. The lowest BCUT2D eigenvalue weighted by molar-refractivity contribution is -0.132. The summed E-state index contributed by atoms with van der Waals surface area (Å²) in [5, 5.41) is 3.13. The molecule has 2 heterocycles. The molecule has 3 rings (SSSR count). The summed E-state index contributed by atoms with van der Waals surface area (Å²) in [5.74, 6) is 0.0635. The van der Waals surface area contributed by atoms with Crippen molar-refractivity contribution in [1.29, 1.82) is 0 Å². The van der Waals surface area contributed by atoms with E-state index in [0.29, 0.717) is 12.6 Å². The van der Waals surface area contributed by atoms with Gasteiger partial charge in [0.2, 0.25) is 5.91 Å². The third-order valence-electron chi connectivity index (χ3n) is 4.29. The smallest absolute Gasteiger partial charge is 0.249 e. The van der Waals surface area contributed by atoms with Gasteiger partial charge in [-0.15, -0.1) is 24.8 Å². The van der Waals surface area contributed by atoms with Gasteiger partial charge in [0, 0.05) is 31.7 Å². The number of carbonyl (C=O) groups excluding carboxylic acids is 1. The summed E-state index contributed by atoms with van der Waals surface area (Å²) in [5.41, 5.74) is 5.55. The monoisotopic (exact) mass is 325 g/mol. The Morgan fingerprint density at radius 2 is 1.95 bits per heavy atom. The van der Waals surface area contributed by atoms with Gasteiger partial charge in [0.25, 0.3) is 0 Å². The van der Waals surface area contributed by atoms with E-state index in [2.05, 4.69) is 10.2 Å². The summed E-state index contributed by atoms with van der Waals surface area (Å²) in [6.45, 7) is 2.67. The van der Waals surface area contributed by atoms with Crippen LogP contribution in [0.5, 0.6) is 0 Å². The van der Waals surface area contributed by atoms with Crippen LogP contribution in [0.2, 0.25) is 0 Å². The quantitative estimate of drug-likeness (QED) is 0.798. The standard InChI is InChI=1S/C13H23N3O2.2ClH/c14-7-11-3-4-12(18-11)13(17)15-9-5-6-16(8-9)10-1-2-10;;/h9-12H,1-8,14H2,(H,15,17);2*1H/t9?,11-,12+;;/m1../s1. The van der Waals surface area contributed by atoms with Gasteiger partial charge in [-0.3, -0.25) is 9.69 Å². The molecule has 3 N–H and O–H groups in total. The minimum absolute atomic E-state index is 0. The molecule has 3 atom stereocenters. The van der Waals surface area contributed by atoms with Crippen molar-refractivity contribution >= 4 is 30.7 Å². The molecule has 5 nitrogen and oxygen atoms in total. The van der Waals surface area contributed by atoms with Gasteiger partial charge in [0.15, 0.2) is 0 Å². The maximum Gasteiger partial charge on any atom is 0.249 e. The van der Waals surface area contributed by atoms with Crippen LogP contribution in [0.1, 0.15) is 32.1 Å². The van der Waals surface area contributed by atoms with Crippen LogP contribution >= 0.6 is 24.8 Å². The summed E-state index contributed by atoms with van der Waals surface area (Å²) in [7, 11) is 0. The molecule has 3 fully saturated rings. The summed E-state index contributed by atoms with van der Waals surface area (Å²) in [6.07, 6.45) is 5.28. The van der Waals surface area contributed by atoms with E-state index in [-0.39, 0.29) is 42.9 Å². The molecule has 1 amide bonds. The van der Waals surface area contributed by atoms with Gasteiger partial charge in [0.05, 0.1) is 6.10 Å². The summed E-state index contributed by atoms with van der Waals surface area (Å²) in [4.78, 5) is 14.6. The first-order valence-electron chi connectivity index (χ1n) is 7.16. The molecule has 118 valence electrons. The second-order valence-electron chi connectivity index (χ2n) is 5.78. The fourth-order valence-electron chi connectivity index (χ4n) is 3.04. The second-order valence-corrected chi connectivity index (χ2v) is 5.78. The zero-order valence-electron chi connectivity index (χ0n) is 11.6. The normalized spacial score (nSPS) is 33.4. The Bertz CT molecular complexity index is 329. The number of hydrogen-bond donors (Lipinski definition) is 2. The Morgan fingerprint density at radius 1 is 1.20 bits per heavy atom. The van der Waals surface area contributed by atoms with E-state index in [1.54, 1.807) is 0 Å². The maximum atomic E-state index is 12.1. The number of hydrogen-bond acceptors (Lipinski definition) is 4. The first-order chi connectivity index (χ1) is 8.76. The van der Waals surface area contributed by atoms with Crippen molar-refractivity contribution in [2.45, 2.75) is 56.4 Å². The van der Waals surface area contributed by atoms with Gasteiger partial charge in [-0.2, -0.15) is 0 Å². The van der Waals surface area contributed by atoms with E-state index in [1.165, 1.54) is 12.8 Å². The molecular weight excluding hydrogens is 301 g/mol. The van der Waals surface area contributed by atoms with Crippen molar-refractivity contribution in [3.05, 3.63) is 0 Å². The minimum Gasteiger partial charge on any atom is -0.364 e. The fourth-order valence-corrected chi connectivity index (χ4v) is 3.04. The Morgan fingerprint density at radius 3 is 2.55 bits per heavy atom. The molecule has 0 aromatic carbocycles. The Labute approximate surface area is 132 Å². The molecule has 0 radical (unpaired) electrons. The predicted molar refractivity (Wildman–Crippen MR) is 82.6 cm³/mol. The molecular formula is C13H25Cl2N3O2. The molecule has 0 aromatic heterocycles. The minimum atomic E-state index is -0.270. The molecule has 20 heavy (non-hydrogen) atoms. The average molecular weight is 326 g/mol. The molecule has 1 aliphatic carbocycles.